The predicted molar refractivity (Wildman–Crippen MR) is 138 cm³/mol. The summed E-state index contributed by atoms with van der Waals surface area (Å²) in [7, 11) is 2.08. The summed E-state index contributed by atoms with van der Waals surface area (Å²) < 4.78 is 3.79. The van der Waals surface area contributed by atoms with E-state index in [4.69, 9.17) is 0 Å². The summed E-state index contributed by atoms with van der Waals surface area (Å²) in [5, 5.41) is 14.8. The second-order valence-electron chi connectivity index (χ2n) is 9.53. The van der Waals surface area contributed by atoms with Crippen LogP contribution in [0.1, 0.15) is 51.4 Å². The van der Waals surface area contributed by atoms with Crippen molar-refractivity contribution in [2.75, 3.05) is 25.5 Å². The van der Waals surface area contributed by atoms with E-state index >= 15 is 0 Å². The first-order chi connectivity index (χ1) is 17.5. The number of likely N-dealkylation sites (tertiary alicyclic amines) is 1. The number of hydrogen-bond donors (Lipinski definition) is 2. The van der Waals surface area contributed by atoms with Crippen LogP contribution in [0.25, 0.3) is 15.3 Å². The highest BCUT2D eigenvalue weighted by Gasteiger charge is 2.23. The molecule has 1 fully saturated rings. The Morgan fingerprint density at radius 3 is 2.86 bits per heavy atom. The molecule has 6 heterocycles. The van der Waals surface area contributed by atoms with Crippen LogP contribution in [-0.2, 0) is 13.0 Å². The fourth-order valence-corrected chi connectivity index (χ4v) is 6.15. The maximum absolute atomic E-state index is 13.2. The van der Waals surface area contributed by atoms with Crippen molar-refractivity contribution in [2.45, 2.75) is 45.2 Å². The molecule has 2 N–H and O–H groups in total. The van der Waals surface area contributed by atoms with Crippen LogP contribution in [0, 0.1) is 6.92 Å². The second-order valence-corrected chi connectivity index (χ2v) is 10.6. The first-order valence-corrected chi connectivity index (χ1v) is 13.1. The van der Waals surface area contributed by atoms with Crippen LogP contribution in [0.2, 0.25) is 0 Å². The van der Waals surface area contributed by atoms with Crippen molar-refractivity contribution in [3.05, 3.63) is 53.4 Å². The molecule has 6 rings (SSSR count). The Morgan fingerprint density at radius 1 is 1.14 bits per heavy atom. The number of nitrogens with zero attached hydrogens (tertiary/aromatic N) is 6. The van der Waals surface area contributed by atoms with Crippen molar-refractivity contribution in [3.8, 4) is 10.4 Å². The predicted octanol–water partition coefficient (Wildman–Crippen LogP) is 2.99. The number of rotatable bonds is 6. The molecule has 0 aliphatic carbocycles. The number of hydrogen-bond acceptors (Lipinski definition) is 7. The van der Waals surface area contributed by atoms with E-state index in [1.165, 1.54) is 17.0 Å². The van der Waals surface area contributed by atoms with Crippen molar-refractivity contribution in [1.82, 2.24) is 34.6 Å². The summed E-state index contributed by atoms with van der Waals surface area (Å²) in [6.07, 6.45) is 11.3. The lowest BCUT2D eigenvalue weighted by atomic mass is 10.2. The minimum Gasteiger partial charge on any atom is -0.350 e. The van der Waals surface area contributed by atoms with Gasteiger partial charge in [-0.05, 0) is 52.3 Å². The van der Waals surface area contributed by atoms with E-state index in [0.29, 0.717) is 35.1 Å². The first kappa shape index (κ1) is 22.9. The minimum atomic E-state index is -0.284. The molecule has 4 aromatic heterocycles. The van der Waals surface area contributed by atoms with E-state index in [0.717, 1.165) is 54.0 Å². The molecule has 0 aromatic carbocycles. The third kappa shape index (κ3) is 4.07. The largest absolute Gasteiger partial charge is 0.350 e. The van der Waals surface area contributed by atoms with Gasteiger partial charge in [-0.2, -0.15) is 10.2 Å². The molecule has 1 unspecified atom stereocenters. The maximum Gasteiger partial charge on any atom is 0.260 e. The van der Waals surface area contributed by atoms with Gasteiger partial charge in [0.05, 0.1) is 39.8 Å². The number of anilines is 1. The van der Waals surface area contributed by atoms with Gasteiger partial charge in [-0.3, -0.25) is 19.3 Å². The fraction of sp³-hybridized carbons (Fsp3) is 0.400. The van der Waals surface area contributed by atoms with Gasteiger partial charge in [0.2, 0.25) is 0 Å². The Balaban J connectivity index is 1.19. The third-order valence-corrected chi connectivity index (χ3v) is 8.35. The van der Waals surface area contributed by atoms with Gasteiger partial charge in [-0.1, -0.05) is 0 Å². The summed E-state index contributed by atoms with van der Waals surface area (Å²) in [6, 6.07) is 2.04. The molecular formula is C25H28N8O2S. The molecule has 2 aliphatic rings. The highest BCUT2D eigenvalue weighted by molar-refractivity contribution is 7.21. The van der Waals surface area contributed by atoms with Gasteiger partial charge < -0.3 is 15.5 Å². The molecule has 0 bridgehead atoms. The average Bonchev–Trinajstić information content (AvgIpc) is 3.66. The van der Waals surface area contributed by atoms with Crippen molar-refractivity contribution in [3.63, 3.8) is 0 Å². The number of likely N-dealkylation sites (N-methyl/N-ethyl adjacent to an activating group) is 1. The topological polar surface area (TPSA) is 109 Å². The molecular weight excluding hydrogens is 476 g/mol. The lowest BCUT2D eigenvalue weighted by Crippen LogP contribution is -2.38. The standard InChI is InChI=1S/C25H28N8O2S/c1-15-20(9-16(10-26-15)23(34)27-11-17-5-3-7-31(17)2)30-24(35)19-13-29-33-14-22(36-25(19)33)18-12-28-32-8-4-6-21(18)32/h9-10,12-14,17H,3-8,11H2,1-2H3,(H,27,34)(H,30,35). The Labute approximate surface area is 212 Å². The van der Waals surface area contributed by atoms with E-state index in [1.807, 2.05) is 19.3 Å². The van der Waals surface area contributed by atoms with Crippen molar-refractivity contribution >= 4 is 33.7 Å². The second kappa shape index (κ2) is 9.14. The minimum absolute atomic E-state index is 0.192. The number of aromatic nitrogens is 5. The zero-order valence-electron chi connectivity index (χ0n) is 20.3. The van der Waals surface area contributed by atoms with E-state index in [-0.39, 0.29) is 11.8 Å². The molecule has 2 amide bonds. The summed E-state index contributed by atoms with van der Waals surface area (Å²) in [6.45, 7) is 4.41. The number of fused-ring (bicyclic) bond motifs is 2. The Kier molecular flexibility index (Phi) is 5.81. The average molecular weight is 505 g/mol. The molecule has 1 saturated heterocycles. The van der Waals surface area contributed by atoms with Gasteiger partial charge >= 0.3 is 0 Å². The molecule has 11 heteroatoms. The number of nitrogens with one attached hydrogen (secondary N) is 2. The number of thiazole rings is 1. The number of carbonyl (C=O) groups is 2. The maximum atomic E-state index is 13.2. The Morgan fingerprint density at radius 2 is 2.03 bits per heavy atom. The fourth-order valence-electron chi connectivity index (χ4n) is 5.06. The zero-order chi connectivity index (χ0) is 24.8. The Bertz CT molecular complexity index is 1470. The van der Waals surface area contributed by atoms with E-state index < -0.39 is 0 Å². The lowest BCUT2D eigenvalue weighted by Gasteiger charge is -2.19. The third-order valence-electron chi connectivity index (χ3n) is 7.21. The molecule has 0 spiro atoms. The van der Waals surface area contributed by atoms with E-state index in [1.54, 1.807) is 23.0 Å². The number of pyridine rings is 1. The monoisotopic (exact) mass is 504 g/mol. The van der Waals surface area contributed by atoms with Gasteiger partial charge in [0, 0.05) is 42.8 Å². The summed E-state index contributed by atoms with van der Waals surface area (Å²) >= 11 is 1.53. The van der Waals surface area contributed by atoms with Crippen LogP contribution in [0.4, 0.5) is 5.69 Å². The number of amides is 2. The van der Waals surface area contributed by atoms with Gasteiger partial charge in [0.1, 0.15) is 4.83 Å². The molecule has 1 atom stereocenters. The van der Waals surface area contributed by atoms with Gasteiger partial charge in [0.15, 0.2) is 0 Å². The molecule has 2 aliphatic heterocycles. The quantitative estimate of drug-likeness (QED) is 0.418. The van der Waals surface area contributed by atoms with Gasteiger partial charge in [-0.15, -0.1) is 11.3 Å². The van der Waals surface area contributed by atoms with Crippen LogP contribution in [-0.4, -0.2) is 67.3 Å². The molecule has 4 aromatic rings. The van der Waals surface area contributed by atoms with Crippen LogP contribution >= 0.6 is 11.3 Å². The van der Waals surface area contributed by atoms with Crippen LogP contribution in [0.5, 0.6) is 0 Å². The molecule has 186 valence electrons. The smallest absolute Gasteiger partial charge is 0.260 e. The number of aryl methyl sites for hydroxylation is 2. The molecule has 10 nitrogen and oxygen atoms in total. The van der Waals surface area contributed by atoms with E-state index in [9.17, 15) is 9.59 Å². The SMILES string of the molecule is Cc1ncc(C(=O)NCC2CCCN2C)cc1NC(=O)c1cnn2cc(-c3cnn4c3CCC4)sc12. The number of carbonyl (C=O) groups excluding carboxylic acids is 2. The zero-order valence-corrected chi connectivity index (χ0v) is 21.1. The molecule has 0 radical (unpaired) electrons. The summed E-state index contributed by atoms with van der Waals surface area (Å²) in [5.74, 6) is -0.475. The highest BCUT2D eigenvalue weighted by atomic mass is 32.1. The van der Waals surface area contributed by atoms with E-state index in [2.05, 4.69) is 42.4 Å². The van der Waals surface area contributed by atoms with Crippen molar-refractivity contribution in [2.24, 2.45) is 0 Å². The van der Waals surface area contributed by atoms with Crippen molar-refractivity contribution in [1.29, 1.82) is 0 Å². The lowest BCUT2D eigenvalue weighted by molar-refractivity contribution is 0.0942. The molecule has 36 heavy (non-hydrogen) atoms. The normalized spacial score (nSPS) is 17.6. The van der Waals surface area contributed by atoms with Crippen LogP contribution in [0.3, 0.4) is 0 Å². The molecule has 0 saturated carbocycles. The summed E-state index contributed by atoms with van der Waals surface area (Å²) in [4.78, 5) is 34.4. The Hall–Kier alpha value is -3.57. The van der Waals surface area contributed by atoms with Crippen LogP contribution < -0.4 is 10.6 Å². The highest BCUT2D eigenvalue weighted by Crippen LogP contribution is 2.35. The first-order valence-electron chi connectivity index (χ1n) is 12.3. The van der Waals surface area contributed by atoms with Gasteiger partial charge in [-0.25, -0.2) is 4.52 Å². The van der Waals surface area contributed by atoms with Crippen LogP contribution in [0.15, 0.2) is 30.9 Å². The van der Waals surface area contributed by atoms with Gasteiger partial charge in [0.25, 0.3) is 11.8 Å². The summed E-state index contributed by atoms with van der Waals surface area (Å²) in [5.41, 5.74) is 4.40. The van der Waals surface area contributed by atoms with Crippen molar-refractivity contribution < 1.29 is 9.59 Å².